The highest BCUT2D eigenvalue weighted by molar-refractivity contribution is 6.30. The van der Waals surface area contributed by atoms with Gasteiger partial charge in [-0.2, -0.15) is 5.48 Å². The minimum absolute atomic E-state index is 0.137. The molecule has 1 atom stereocenters. The number of benzene rings is 2. The van der Waals surface area contributed by atoms with Crippen LogP contribution in [-0.2, 0) is 4.84 Å². The Labute approximate surface area is 130 Å². The second-order valence-corrected chi connectivity index (χ2v) is 6.34. The molecule has 0 saturated heterocycles. The monoisotopic (exact) mass is 305 g/mol. The summed E-state index contributed by atoms with van der Waals surface area (Å²) < 4.78 is 0. The van der Waals surface area contributed by atoms with Crippen LogP contribution in [0.15, 0.2) is 48.5 Å². The highest BCUT2D eigenvalue weighted by atomic mass is 35.5. The predicted molar refractivity (Wildman–Crippen MR) is 85.4 cm³/mol. The number of hydrogen-bond donors (Lipinski definition) is 2. The molecule has 2 N–H and O–H groups in total. The molecule has 0 heterocycles. The van der Waals surface area contributed by atoms with E-state index in [0.717, 1.165) is 11.1 Å². The van der Waals surface area contributed by atoms with E-state index in [1.807, 2.05) is 57.2 Å². The quantitative estimate of drug-likeness (QED) is 0.820. The molecule has 0 saturated carbocycles. The maximum atomic E-state index is 9.44. The Morgan fingerprint density at radius 3 is 1.90 bits per heavy atom. The molecule has 21 heavy (non-hydrogen) atoms. The van der Waals surface area contributed by atoms with Gasteiger partial charge in [0.15, 0.2) is 0 Å². The van der Waals surface area contributed by atoms with Gasteiger partial charge in [0, 0.05) is 5.02 Å². The van der Waals surface area contributed by atoms with Crippen LogP contribution < -0.4 is 5.48 Å². The molecule has 0 bridgehead atoms. The van der Waals surface area contributed by atoms with Gasteiger partial charge in [0.05, 0.1) is 11.6 Å². The number of halogens is 1. The molecule has 2 rings (SSSR count). The summed E-state index contributed by atoms with van der Waals surface area (Å²) in [4.78, 5) is 5.72. The fourth-order valence-corrected chi connectivity index (χ4v) is 2.01. The molecular weight excluding hydrogens is 286 g/mol. The molecule has 0 aromatic heterocycles. The number of rotatable bonds is 4. The third-order valence-corrected chi connectivity index (χ3v) is 3.16. The number of aromatic hydroxyl groups is 1. The molecule has 0 radical (unpaired) electrons. The lowest BCUT2D eigenvalue weighted by Crippen LogP contribution is -2.32. The molecule has 1 unspecified atom stereocenters. The molecule has 4 heteroatoms. The fraction of sp³-hybridized carbons (Fsp3) is 0.294. The van der Waals surface area contributed by atoms with Crippen LogP contribution >= 0.6 is 11.6 Å². The Morgan fingerprint density at radius 1 is 0.952 bits per heavy atom. The number of hydrogen-bond acceptors (Lipinski definition) is 3. The van der Waals surface area contributed by atoms with Crippen molar-refractivity contribution < 1.29 is 9.94 Å². The molecule has 112 valence electrons. The van der Waals surface area contributed by atoms with Crippen molar-refractivity contribution in [2.75, 3.05) is 0 Å². The Kier molecular flexibility index (Phi) is 4.88. The van der Waals surface area contributed by atoms with Gasteiger partial charge in [0.1, 0.15) is 5.75 Å². The summed E-state index contributed by atoms with van der Waals surface area (Å²) in [6, 6.07) is 14.5. The van der Waals surface area contributed by atoms with Gasteiger partial charge in [-0.3, -0.25) is 4.84 Å². The van der Waals surface area contributed by atoms with E-state index in [1.165, 1.54) is 0 Å². The number of phenols is 1. The van der Waals surface area contributed by atoms with E-state index in [1.54, 1.807) is 12.1 Å². The van der Waals surface area contributed by atoms with Crippen LogP contribution in [0.1, 0.15) is 37.9 Å². The van der Waals surface area contributed by atoms with Crippen LogP contribution in [0.4, 0.5) is 0 Å². The second-order valence-electron chi connectivity index (χ2n) is 5.91. The van der Waals surface area contributed by atoms with Gasteiger partial charge < -0.3 is 5.11 Å². The number of hydroxylamine groups is 1. The average Bonchev–Trinajstić information content (AvgIpc) is 2.41. The van der Waals surface area contributed by atoms with Crippen LogP contribution in [0, 0.1) is 0 Å². The van der Waals surface area contributed by atoms with Gasteiger partial charge in [-0.25, -0.2) is 0 Å². The summed E-state index contributed by atoms with van der Waals surface area (Å²) >= 11 is 5.95. The van der Waals surface area contributed by atoms with Crippen LogP contribution in [0.2, 0.25) is 5.02 Å². The predicted octanol–water partition coefficient (Wildman–Crippen LogP) is 4.45. The van der Waals surface area contributed by atoms with E-state index in [4.69, 9.17) is 16.4 Å². The third kappa shape index (κ3) is 4.74. The molecule has 0 fully saturated rings. The Morgan fingerprint density at radius 2 is 1.43 bits per heavy atom. The first-order valence-electron chi connectivity index (χ1n) is 6.83. The van der Waals surface area contributed by atoms with Gasteiger partial charge in [0.2, 0.25) is 0 Å². The summed E-state index contributed by atoms with van der Waals surface area (Å²) in [5, 5.41) is 10.1. The minimum Gasteiger partial charge on any atom is -0.508 e. The van der Waals surface area contributed by atoms with Crippen LogP contribution in [0.25, 0.3) is 0 Å². The average molecular weight is 306 g/mol. The van der Waals surface area contributed by atoms with E-state index in [0.29, 0.717) is 5.02 Å². The first-order chi connectivity index (χ1) is 9.85. The maximum Gasteiger partial charge on any atom is 0.115 e. The van der Waals surface area contributed by atoms with E-state index in [-0.39, 0.29) is 17.4 Å². The summed E-state index contributed by atoms with van der Waals surface area (Å²) in [6.45, 7) is 5.95. The van der Waals surface area contributed by atoms with Crippen LogP contribution in [-0.4, -0.2) is 10.7 Å². The fourth-order valence-electron chi connectivity index (χ4n) is 1.89. The molecule has 0 spiro atoms. The van der Waals surface area contributed by atoms with E-state index in [2.05, 4.69) is 5.48 Å². The summed E-state index contributed by atoms with van der Waals surface area (Å²) in [6.07, 6.45) is 0. The zero-order valence-electron chi connectivity index (χ0n) is 12.4. The van der Waals surface area contributed by atoms with Gasteiger partial charge in [-0.15, -0.1) is 0 Å². The lowest BCUT2D eigenvalue weighted by atomic mass is 9.99. The largest absolute Gasteiger partial charge is 0.508 e. The van der Waals surface area contributed by atoms with Crippen molar-refractivity contribution in [2.45, 2.75) is 32.4 Å². The molecule has 3 nitrogen and oxygen atoms in total. The van der Waals surface area contributed by atoms with Crippen molar-refractivity contribution in [1.29, 1.82) is 0 Å². The van der Waals surface area contributed by atoms with Crippen molar-refractivity contribution in [1.82, 2.24) is 5.48 Å². The first-order valence-corrected chi connectivity index (χ1v) is 7.21. The topological polar surface area (TPSA) is 41.5 Å². The Balaban J connectivity index is 2.29. The maximum absolute atomic E-state index is 9.44. The van der Waals surface area contributed by atoms with Crippen molar-refractivity contribution in [3.05, 3.63) is 64.7 Å². The zero-order valence-corrected chi connectivity index (χ0v) is 13.2. The van der Waals surface area contributed by atoms with Crippen molar-refractivity contribution in [2.24, 2.45) is 0 Å². The molecule has 0 amide bonds. The van der Waals surface area contributed by atoms with Crippen molar-refractivity contribution >= 4 is 11.6 Å². The summed E-state index contributed by atoms with van der Waals surface area (Å²) in [5.41, 5.74) is 4.84. The number of nitrogens with one attached hydrogen (secondary N) is 1. The minimum atomic E-state index is -0.304. The second kappa shape index (κ2) is 6.48. The van der Waals surface area contributed by atoms with Gasteiger partial charge in [-0.1, -0.05) is 35.9 Å². The summed E-state index contributed by atoms with van der Waals surface area (Å²) in [7, 11) is 0. The van der Waals surface area contributed by atoms with Crippen molar-refractivity contribution in [3.63, 3.8) is 0 Å². The first kappa shape index (κ1) is 15.8. The SMILES string of the molecule is CC(C)(C)ONC(c1ccc(O)cc1)c1ccc(Cl)cc1. The zero-order chi connectivity index (χ0) is 15.5. The highest BCUT2D eigenvalue weighted by Gasteiger charge is 2.18. The molecular formula is C17H20ClNO2. The molecule has 2 aromatic rings. The highest BCUT2D eigenvalue weighted by Crippen LogP contribution is 2.26. The molecule has 0 aliphatic carbocycles. The van der Waals surface area contributed by atoms with Crippen molar-refractivity contribution in [3.8, 4) is 5.75 Å². The molecule has 2 aromatic carbocycles. The standard InChI is InChI=1S/C17H20ClNO2/c1-17(2,3)21-19-16(12-4-8-14(18)9-5-12)13-6-10-15(20)11-7-13/h4-11,16,19-20H,1-3H3. The lowest BCUT2D eigenvalue weighted by molar-refractivity contribution is -0.0836. The number of phenolic OH excluding ortho intramolecular Hbond substituents is 1. The van der Waals surface area contributed by atoms with E-state index < -0.39 is 0 Å². The smallest absolute Gasteiger partial charge is 0.115 e. The molecule has 0 aliphatic heterocycles. The molecule has 0 aliphatic rings. The van der Waals surface area contributed by atoms with Gasteiger partial charge in [0.25, 0.3) is 0 Å². The Bertz CT molecular complexity index is 528. The normalized spacial score (nSPS) is 13.1. The summed E-state index contributed by atoms with van der Waals surface area (Å²) in [5.74, 6) is 0.241. The van der Waals surface area contributed by atoms with E-state index in [9.17, 15) is 5.11 Å². The van der Waals surface area contributed by atoms with Crippen LogP contribution in [0.3, 0.4) is 0 Å². The van der Waals surface area contributed by atoms with Crippen LogP contribution in [0.5, 0.6) is 5.75 Å². The lowest BCUT2D eigenvalue weighted by Gasteiger charge is -2.26. The van der Waals surface area contributed by atoms with Gasteiger partial charge in [-0.05, 0) is 56.2 Å². The van der Waals surface area contributed by atoms with Gasteiger partial charge >= 0.3 is 0 Å². The van der Waals surface area contributed by atoms with E-state index >= 15 is 0 Å². The Hall–Kier alpha value is -1.55. The third-order valence-electron chi connectivity index (χ3n) is 2.91.